The van der Waals surface area contributed by atoms with E-state index in [2.05, 4.69) is 36.5 Å². The highest BCUT2D eigenvalue weighted by molar-refractivity contribution is 5.66. The number of carbonyl (C=O) groups is 1. The van der Waals surface area contributed by atoms with E-state index >= 15 is 0 Å². The molecular formula is C18H31NO2. The van der Waals surface area contributed by atoms with Gasteiger partial charge in [-0.1, -0.05) is 55.7 Å². The van der Waals surface area contributed by atoms with E-state index in [1.807, 2.05) is 0 Å². The molecule has 0 rings (SSSR count). The Morgan fingerprint density at radius 3 is 1.90 bits per heavy atom. The van der Waals surface area contributed by atoms with Crippen LogP contribution in [0.4, 0.5) is 0 Å². The average Bonchev–Trinajstić information content (AvgIpc) is 2.46. The van der Waals surface area contributed by atoms with Crippen molar-refractivity contribution in [3.05, 3.63) is 36.5 Å². The lowest BCUT2D eigenvalue weighted by Crippen LogP contribution is -1.94. The second kappa shape index (κ2) is 16.7. The van der Waals surface area contributed by atoms with Gasteiger partial charge < -0.3 is 10.8 Å². The molecule has 0 aliphatic carbocycles. The number of unbranched alkanes of at least 4 members (excludes halogenated alkanes) is 5. The van der Waals surface area contributed by atoms with E-state index in [4.69, 9.17) is 10.8 Å². The predicted octanol–water partition coefficient (Wildman–Crippen LogP) is 4.60. The number of hydrogen-bond donors (Lipinski definition) is 2. The Balaban J connectivity index is 3.25. The van der Waals surface area contributed by atoms with Crippen LogP contribution >= 0.6 is 0 Å². The van der Waals surface area contributed by atoms with Crippen molar-refractivity contribution in [1.82, 2.24) is 0 Å². The molecule has 0 atom stereocenters. The molecule has 21 heavy (non-hydrogen) atoms. The maximum Gasteiger partial charge on any atom is 0.303 e. The van der Waals surface area contributed by atoms with E-state index < -0.39 is 5.97 Å². The van der Waals surface area contributed by atoms with Gasteiger partial charge in [-0.15, -0.1) is 0 Å². The van der Waals surface area contributed by atoms with Gasteiger partial charge in [0.2, 0.25) is 0 Å². The van der Waals surface area contributed by atoms with E-state index in [1.54, 1.807) is 0 Å². The van der Waals surface area contributed by atoms with Crippen LogP contribution in [-0.2, 0) is 4.79 Å². The molecule has 0 heterocycles. The Labute approximate surface area is 129 Å². The third-order valence-corrected chi connectivity index (χ3v) is 3.14. The van der Waals surface area contributed by atoms with Crippen LogP contribution in [0.15, 0.2) is 36.5 Å². The number of carboxylic acids is 1. The van der Waals surface area contributed by atoms with Gasteiger partial charge in [0.05, 0.1) is 0 Å². The lowest BCUT2D eigenvalue weighted by Gasteiger charge is -1.98. The van der Waals surface area contributed by atoms with Gasteiger partial charge in [0.25, 0.3) is 0 Å². The quantitative estimate of drug-likeness (QED) is 0.363. The zero-order chi connectivity index (χ0) is 15.6. The number of aliphatic carboxylic acids is 1. The van der Waals surface area contributed by atoms with Crippen molar-refractivity contribution in [2.45, 2.75) is 64.2 Å². The first kappa shape index (κ1) is 19.7. The van der Waals surface area contributed by atoms with E-state index in [-0.39, 0.29) is 0 Å². The number of nitrogens with two attached hydrogens (primary N) is 1. The summed E-state index contributed by atoms with van der Waals surface area (Å²) in [7, 11) is 0. The van der Waals surface area contributed by atoms with Crippen LogP contribution in [0.5, 0.6) is 0 Å². The number of carboxylic acid groups (broad SMARTS) is 1. The minimum atomic E-state index is -0.680. The third-order valence-electron chi connectivity index (χ3n) is 3.14. The van der Waals surface area contributed by atoms with Gasteiger partial charge >= 0.3 is 5.97 Å². The van der Waals surface area contributed by atoms with Crippen LogP contribution in [0.1, 0.15) is 64.2 Å². The monoisotopic (exact) mass is 293 g/mol. The molecule has 0 spiro atoms. The van der Waals surface area contributed by atoms with Gasteiger partial charge in [-0.05, 0) is 45.1 Å². The summed E-state index contributed by atoms with van der Waals surface area (Å²) in [6, 6.07) is 0. The summed E-state index contributed by atoms with van der Waals surface area (Å²) in [5.74, 6) is -0.680. The smallest absolute Gasteiger partial charge is 0.303 e. The maximum atomic E-state index is 10.3. The van der Waals surface area contributed by atoms with Crippen molar-refractivity contribution in [2.24, 2.45) is 5.73 Å². The molecular weight excluding hydrogens is 262 g/mol. The van der Waals surface area contributed by atoms with Crippen LogP contribution in [0.25, 0.3) is 0 Å². The first-order valence-corrected chi connectivity index (χ1v) is 8.14. The van der Waals surface area contributed by atoms with Gasteiger partial charge in [-0.25, -0.2) is 0 Å². The van der Waals surface area contributed by atoms with Gasteiger partial charge in [-0.3, -0.25) is 4.79 Å². The summed E-state index contributed by atoms with van der Waals surface area (Å²) in [4.78, 5) is 10.3. The Kier molecular flexibility index (Phi) is 15.6. The standard InChI is InChI=1S/C18H31NO2/c19-17-15-13-11-9-7-5-3-1-2-4-6-8-10-12-14-16-18(20)21/h1-2,5,7,11,13H,3-4,6,8-10,12,14-17,19H2,(H,20,21)/b2-1-,7-5-,13-11-. The van der Waals surface area contributed by atoms with E-state index in [0.29, 0.717) is 6.42 Å². The van der Waals surface area contributed by atoms with Gasteiger partial charge in [0.15, 0.2) is 0 Å². The molecule has 0 saturated heterocycles. The van der Waals surface area contributed by atoms with Crippen molar-refractivity contribution < 1.29 is 9.90 Å². The molecule has 3 heteroatoms. The van der Waals surface area contributed by atoms with Gasteiger partial charge in [0, 0.05) is 6.42 Å². The highest BCUT2D eigenvalue weighted by atomic mass is 16.4. The van der Waals surface area contributed by atoms with Crippen molar-refractivity contribution in [1.29, 1.82) is 0 Å². The van der Waals surface area contributed by atoms with E-state index in [0.717, 1.165) is 51.5 Å². The number of allylic oxidation sites excluding steroid dienone is 5. The van der Waals surface area contributed by atoms with Crippen LogP contribution in [0.3, 0.4) is 0 Å². The molecule has 0 saturated carbocycles. The highest BCUT2D eigenvalue weighted by Gasteiger charge is 1.95. The van der Waals surface area contributed by atoms with Crippen LogP contribution in [0, 0.1) is 0 Å². The fraction of sp³-hybridized carbons (Fsp3) is 0.611. The van der Waals surface area contributed by atoms with Crippen LogP contribution < -0.4 is 5.73 Å². The largest absolute Gasteiger partial charge is 0.481 e. The molecule has 0 aromatic heterocycles. The molecule has 0 aromatic rings. The molecule has 3 nitrogen and oxygen atoms in total. The fourth-order valence-electron chi connectivity index (χ4n) is 1.94. The molecule has 120 valence electrons. The molecule has 0 radical (unpaired) electrons. The lowest BCUT2D eigenvalue weighted by molar-refractivity contribution is -0.137. The summed E-state index contributed by atoms with van der Waals surface area (Å²) < 4.78 is 0. The first-order valence-electron chi connectivity index (χ1n) is 8.14. The molecule has 0 aliphatic rings. The normalized spacial score (nSPS) is 12.0. The minimum absolute atomic E-state index is 0.313. The van der Waals surface area contributed by atoms with E-state index in [9.17, 15) is 4.79 Å². The van der Waals surface area contributed by atoms with Crippen molar-refractivity contribution in [3.8, 4) is 0 Å². The fourth-order valence-corrected chi connectivity index (χ4v) is 1.94. The van der Waals surface area contributed by atoms with Crippen molar-refractivity contribution in [2.75, 3.05) is 6.54 Å². The SMILES string of the molecule is NCC/C=C\C/C=C\C/C=C\CCCCCCCC(=O)O. The average molecular weight is 293 g/mol. The van der Waals surface area contributed by atoms with E-state index in [1.165, 1.54) is 12.8 Å². The highest BCUT2D eigenvalue weighted by Crippen LogP contribution is 2.07. The summed E-state index contributed by atoms with van der Waals surface area (Å²) in [6.07, 6.45) is 22.9. The van der Waals surface area contributed by atoms with Gasteiger partial charge in [-0.2, -0.15) is 0 Å². The molecule has 0 fully saturated rings. The van der Waals surface area contributed by atoms with Crippen molar-refractivity contribution >= 4 is 5.97 Å². The minimum Gasteiger partial charge on any atom is -0.481 e. The Morgan fingerprint density at radius 2 is 1.29 bits per heavy atom. The summed E-state index contributed by atoms with van der Waals surface area (Å²) in [6.45, 7) is 0.725. The third kappa shape index (κ3) is 18.6. The molecule has 0 aliphatic heterocycles. The van der Waals surface area contributed by atoms with Gasteiger partial charge in [0.1, 0.15) is 0 Å². The summed E-state index contributed by atoms with van der Waals surface area (Å²) in [5.41, 5.74) is 5.39. The predicted molar refractivity (Wildman–Crippen MR) is 90.3 cm³/mol. The molecule has 0 unspecified atom stereocenters. The van der Waals surface area contributed by atoms with Crippen LogP contribution in [0.2, 0.25) is 0 Å². The molecule has 3 N–H and O–H groups in total. The Morgan fingerprint density at radius 1 is 0.762 bits per heavy atom. The molecule has 0 aromatic carbocycles. The lowest BCUT2D eigenvalue weighted by atomic mass is 10.1. The van der Waals surface area contributed by atoms with Crippen LogP contribution in [-0.4, -0.2) is 17.6 Å². The zero-order valence-corrected chi connectivity index (χ0v) is 13.2. The second-order valence-corrected chi connectivity index (χ2v) is 5.16. The van der Waals surface area contributed by atoms with Crippen molar-refractivity contribution in [3.63, 3.8) is 0 Å². The zero-order valence-electron chi connectivity index (χ0n) is 13.2. The second-order valence-electron chi connectivity index (χ2n) is 5.16. The molecule has 0 amide bonds. The maximum absolute atomic E-state index is 10.3. The Bertz CT molecular complexity index is 319. The summed E-state index contributed by atoms with van der Waals surface area (Å²) >= 11 is 0. The summed E-state index contributed by atoms with van der Waals surface area (Å²) in [5, 5.41) is 8.51. The number of rotatable bonds is 14. The molecule has 0 bridgehead atoms. The Hall–Kier alpha value is -1.35. The first-order chi connectivity index (χ1) is 10.3. The number of hydrogen-bond acceptors (Lipinski definition) is 2. The topological polar surface area (TPSA) is 63.3 Å².